The first-order valence-corrected chi connectivity index (χ1v) is 7.86. The lowest BCUT2D eigenvalue weighted by atomic mass is 10.2. The zero-order valence-corrected chi connectivity index (χ0v) is 14.0. The molecule has 2 rings (SSSR count). The molecule has 0 aliphatic carbocycles. The van der Waals surface area contributed by atoms with E-state index in [2.05, 4.69) is 26.9 Å². The summed E-state index contributed by atoms with van der Waals surface area (Å²) in [7, 11) is 0. The molecule has 0 aromatic carbocycles. The lowest BCUT2D eigenvalue weighted by Gasteiger charge is -2.10. The van der Waals surface area contributed by atoms with Crippen molar-refractivity contribution in [1.29, 1.82) is 0 Å². The lowest BCUT2D eigenvalue weighted by Crippen LogP contribution is -2.05. The zero-order valence-electron chi connectivity index (χ0n) is 13.2. The SMILES string of the molecule is CCCc1nc(N)c(C)c(Sc2nc(C)c(C)c(C)n2)n1. The van der Waals surface area contributed by atoms with E-state index >= 15 is 0 Å². The molecule has 0 unspecified atom stereocenters. The molecule has 0 saturated carbocycles. The first-order valence-electron chi connectivity index (χ1n) is 7.05. The van der Waals surface area contributed by atoms with Crippen molar-refractivity contribution in [1.82, 2.24) is 19.9 Å². The average Bonchev–Trinajstić information content (AvgIpc) is 2.42. The van der Waals surface area contributed by atoms with Gasteiger partial charge < -0.3 is 5.73 Å². The van der Waals surface area contributed by atoms with E-state index in [9.17, 15) is 0 Å². The summed E-state index contributed by atoms with van der Waals surface area (Å²) in [6.45, 7) is 10.1. The Morgan fingerprint density at radius 1 is 0.905 bits per heavy atom. The monoisotopic (exact) mass is 303 g/mol. The van der Waals surface area contributed by atoms with Crippen molar-refractivity contribution in [3.63, 3.8) is 0 Å². The summed E-state index contributed by atoms with van der Waals surface area (Å²) in [5.74, 6) is 1.32. The third kappa shape index (κ3) is 3.50. The second-order valence-electron chi connectivity index (χ2n) is 5.11. The molecule has 2 heterocycles. The molecule has 0 atom stereocenters. The number of nitrogens with zero attached hydrogens (tertiary/aromatic N) is 4. The molecule has 0 fully saturated rings. The maximum absolute atomic E-state index is 5.98. The number of hydrogen-bond donors (Lipinski definition) is 1. The van der Waals surface area contributed by atoms with E-state index in [-0.39, 0.29) is 0 Å². The highest BCUT2D eigenvalue weighted by Crippen LogP contribution is 2.29. The van der Waals surface area contributed by atoms with Gasteiger partial charge in [-0.2, -0.15) is 0 Å². The molecule has 0 bridgehead atoms. The fourth-order valence-electron chi connectivity index (χ4n) is 1.87. The second kappa shape index (κ2) is 6.39. The van der Waals surface area contributed by atoms with Crippen LogP contribution in [0.2, 0.25) is 0 Å². The van der Waals surface area contributed by atoms with Crippen molar-refractivity contribution in [2.45, 2.75) is 57.6 Å². The number of hydrogen-bond acceptors (Lipinski definition) is 6. The highest BCUT2D eigenvalue weighted by Gasteiger charge is 2.13. The maximum atomic E-state index is 5.98. The standard InChI is InChI=1S/C15H21N5S/c1-6-7-12-19-13(16)9(3)14(20-12)21-15-17-10(4)8(2)11(5)18-15/h6-7H2,1-5H3,(H2,16,19,20). The second-order valence-corrected chi connectivity index (χ2v) is 6.07. The van der Waals surface area contributed by atoms with Crippen LogP contribution < -0.4 is 5.73 Å². The van der Waals surface area contributed by atoms with Crippen LogP contribution in [0.3, 0.4) is 0 Å². The molecule has 0 aliphatic heterocycles. The minimum atomic E-state index is 0.538. The summed E-state index contributed by atoms with van der Waals surface area (Å²) in [5, 5.41) is 1.55. The molecule has 21 heavy (non-hydrogen) atoms. The van der Waals surface area contributed by atoms with E-state index in [1.807, 2.05) is 27.7 Å². The van der Waals surface area contributed by atoms with Crippen LogP contribution in [-0.4, -0.2) is 19.9 Å². The average molecular weight is 303 g/mol. The van der Waals surface area contributed by atoms with Crippen LogP contribution in [0.1, 0.15) is 41.7 Å². The normalized spacial score (nSPS) is 10.9. The maximum Gasteiger partial charge on any atom is 0.194 e. The van der Waals surface area contributed by atoms with E-state index in [0.29, 0.717) is 11.0 Å². The molecule has 5 nitrogen and oxygen atoms in total. The van der Waals surface area contributed by atoms with Crippen LogP contribution in [0, 0.1) is 27.7 Å². The summed E-state index contributed by atoms with van der Waals surface area (Å²) in [4.78, 5) is 18.0. The Morgan fingerprint density at radius 2 is 1.52 bits per heavy atom. The van der Waals surface area contributed by atoms with Crippen molar-refractivity contribution in [2.24, 2.45) is 0 Å². The van der Waals surface area contributed by atoms with Gasteiger partial charge in [0, 0.05) is 23.4 Å². The number of nitrogen functional groups attached to an aromatic ring is 1. The van der Waals surface area contributed by atoms with Gasteiger partial charge in [-0.15, -0.1) is 0 Å². The van der Waals surface area contributed by atoms with Crippen LogP contribution in [0.15, 0.2) is 10.2 Å². The molecule has 0 saturated heterocycles. The fraction of sp³-hybridized carbons (Fsp3) is 0.467. The summed E-state index contributed by atoms with van der Waals surface area (Å²) >= 11 is 1.45. The van der Waals surface area contributed by atoms with Crippen molar-refractivity contribution in [2.75, 3.05) is 5.73 Å². The van der Waals surface area contributed by atoms with Crippen LogP contribution >= 0.6 is 11.8 Å². The molecule has 2 aromatic rings. The number of aryl methyl sites for hydroxylation is 3. The van der Waals surface area contributed by atoms with Crippen LogP contribution in [-0.2, 0) is 6.42 Å². The van der Waals surface area contributed by atoms with Crippen LogP contribution in [0.4, 0.5) is 5.82 Å². The van der Waals surface area contributed by atoms with Gasteiger partial charge in [0.05, 0.1) is 0 Å². The van der Waals surface area contributed by atoms with E-state index in [4.69, 9.17) is 5.73 Å². The van der Waals surface area contributed by atoms with Crippen LogP contribution in [0.25, 0.3) is 0 Å². The smallest absolute Gasteiger partial charge is 0.194 e. The van der Waals surface area contributed by atoms with Crippen molar-refractivity contribution in [3.05, 3.63) is 28.3 Å². The van der Waals surface area contributed by atoms with Gasteiger partial charge >= 0.3 is 0 Å². The first kappa shape index (κ1) is 15.7. The Labute approximate surface area is 129 Å². The molecule has 0 aliphatic rings. The molecule has 2 aromatic heterocycles. The van der Waals surface area contributed by atoms with Gasteiger partial charge in [0.1, 0.15) is 16.7 Å². The van der Waals surface area contributed by atoms with Gasteiger partial charge in [0.2, 0.25) is 0 Å². The minimum Gasteiger partial charge on any atom is -0.383 e. The fourth-order valence-corrected chi connectivity index (χ4v) is 2.81. The summed E-state index contributed by atoms with van der Waals surface area (Å²) < 4.78 is 0. The Morgan fingerprint density at radius 3 is 2.10 bits per heavy atom. The predicted octanol–water partition coefficient (Wildman–Crippen LogP) is 3.19. The number of aromatic nitrogens is 4. The number of rotatable bonds is 4. The molecule has 2 N–H and O–H groups in total. The van der Waals surface area contributed by atoms with Gasteiger partial charge in [0.15, 0.2) is 5.16 Å². The van der Waals surface area contributed by atoms with E-state index in [1.54, 1.807) is 0 Å². The number of anilines is 1. The Bertz CT molecular complexity index is 646. The summed E-state index contributed by atoms with van der Waals surface area (Å²) in [5.41, 5.74) is 10.00. The third-order valence-electron chi connectivity index (χ3n) is 3.46. The predicted molar refractivity (Wildman–Crippen MR) is 85.5 cm³/mol. The highest BCUT2D eigenvalue weighted by atomic mass is 32.2. The molecule has 0 radical (unpaired) electrons. The minimum absolute atomic E-state index is 0.538. The highest BCUT2D eigenvalue weighted by molar-refractivity contribution is 7.99. The van der Waals surface area contributed by atoms with Gasteiger partial charge in [-0.25, -0.2) is 19.9 Å². The molecular formula is C15H21N5S. The van der Waals surface area contributed by atoms with E-state index in [1.165, 1.54) is 11.8 Å². The Hall–Kier alpha value is -1.69. The van der Waals surface area contributed by atoms with Gasteiger partial charge in [-0.05, 0) is 51.4 Å². The largest absolute Gasteiger partial charge is 0.383 e. The third-order valence-corrected chi connectivity index (χ3v) is 4.41. The number of nitrogens with two attached hydrogens (primary N) is 1. The van der Waals surface area contributed by atoms with Gasteiger partial charge in [-0.1, -0.05) is 6.92 Å². The Kier molecular flexibility index (Phi) is 4.77. The van der Waals surface area contributed by atoms with Crippen molar-refractivity contribution < 1.29 is 0 Å². The van der Waals surface area contributed by atoms with Gasteiger partial charge in [0.25, 0.3) is 0 Å². The molecule has 6 heteroatoms. The molecule has 0 spiro atoms. The van der Waals surface area contributed by atoms with Crippen molar-refractivity contribution in [3.8, 4) is 0 Å². The lowest BCUT2D eigenvalue weighted by molar-refractivity contribution is 0.802. The van der Waals surface area contributed by atoms with Gasteiger partial charge in [-0.3, -0.25) is 0 Å². The summed E-state index contributed by atoms with van der Waals surface area (Å²) in [6.07, 6.45) is 1.82. The Balaban J connectivity index is 2.39. The van der Waals surface area contributed by atoms with E-state index in [0.717, 1.165) is 46.2 Å². The van der Waals surface area contributed by atoms with E-state index < -0.39 is 0 Å². The molecular weight excluding hydrogens is 282 g/mol. The molecule has 112 valence electrons. The first-order chi connectivity index (χ1) is 9.92. The quantitative estimate of drug-likeness (QED) is 0.690. The van der Waals surface area contributed by atoms with Crippen LogP contribution in [0.5, 0.6) is 0 Å². The van der Waals surface area contributed by atoms with Crippen molar-refractivity contribution >= 4 is 17.6 Å². The topological polar surface area (TPSA) is 77.6 Å². The zero-order chi connectivity index (χ0) is 15.6. The molecule has 0 amide bonds. The summed E-state index contributed by atoms with van der Waals surface area (Å²) in [6, 6.07) is 0.